The van der Waals surface area contributed by atoms with Crippen molar-refractivity contribution < 1.29 is 0 Å². The van der Waals surface area contributed by atoms with Gasteiger partial charge in [-0.25, -0.2) is 0 Å². The van der Waals surface area contributed by atoms with Gasteiger partial charge in [-0.3, -0.25) is 0 Å². The molecule has 7 atom stereocenters. The van der Waals surface area contributed by atoms with Gasteiger partial charge in [-0.15, -0.1) is 0 Å². The van der Waals surface area contributed by atoms with Crippen molar-refractivity contribution in [1.29, 1.82) is 0 Å². The molecule has 0 amide bonds. The summed E-state index contributed by atoms with van der Waals surface area (Å²) in [5.74, 6) is 4.26. The van der Waals surface area contributed by atoms with Crippen molar-refractivity contribution in [3.05, 3.63) is 0 Å². The molecule has 4 fully saturated rings. The molecule has 4 aliphatic rings. The van der Waals surface area contributed by atoms with Crippen LogP contribution in [0.25, 0.3) is 0 Å². The molecule has 0 radical (unpaired) electrons. The van der Waals surface area contributed by atoms with Crippen LogP contribution in [0.15, 0.2) is 0 Å². The van der Waals surface area contributed by atoms with Gasteiger partial charge < -0.3 is 0 Å². The molecular weight excluding hydrogens is 308 g/mol. The molecule has 114 valence electrons. The summed E-state index contributed by atoms with van der Waals surface area (Å²) in [7, 11) is 0. The standard InChI is InChI=1S/C19H31Br/c1-18-9-3-4-16(18)15-6-5-13-12-14(20)7-11-19(13,2)17(15)8-10-18/h13-17H,3-12H2,1-2H3/t13-,14+,15-,16-,17+,18-,19-/m0/s1. The molecule has 0 saturated heterocycles. The summed E-state index contributed by atoms with van der Waals surface area (Å²) in [5.41, 5.74) is 1.42. The molecule has 0 aliphatic heterocycles. The van der Waals surface area contributed by atoms with Gasteiger partial charge in [0.05, 0.1) is 0 Å². The van der Waals surface area contributed by atoms with E-state index in [4.69, 9.17) is 0 Å². The van der Waals surface area contributed by atoms with Gasteiger partial charge in [0, 0.05) is 4.83 Å². The topological polar surface area (TPSA) is 0 Å². The first-order valence-corrected chi connectivity index (χ1v) is 10.1. The molecule has 4 saturated carbocycles. The number of alkyl halides is 1. The van der Waals surface area contributed by atoms with E-state index in [1.54, 1.807) is 25.7 Å². The van der Waals surface area contributed by atoms with Crippen molar-refractivity contribution in [3.8, 4) is 0 Å². The highest BCUT2D eigenvalue weighted by Gasteiger charge is 2.57. The molecule has 0 spiro atoms. The second-order valence-electron chi connectivity index (χ2n) is 9.11. The highest BCUT2D eigenvalue weighted by atomic mass is 79.9. The summed E-state index contributed by atoms with van der Waals surface area (Å²) in [4.78, 5) is 0.817. The van der Waals surface area contributed by atoms with E-state index in [9.17, 15) is 0 Å². The van der Waals surface area contributed by atoms with Crippen LogP contribution in [0.1, 0.15) is 78.1 Å². The Kier molecular flexibility index (Phi) is 3.34. The Hall–Kier alpha value is 0.480. The smallest absolute Gasteiger partial charge is 0.0148 e. The molecule has 0 aromatic carbocycles. The van der Waals surface area contributed by atoms with E-state index in [1.807, 2.05) is 0 Å². The fraction of sp³-hybridized carbons (Fsp3) is 1.00. The minimum absolute atomic E-state index is 0.692. The fourth-order valence-electron chi connectivity index (χ4n) is 7.20. The average Bonchev–Trinajstić information content (AvgIpc) is 2.81. The van der Waals surface area contributed by atoms with Crippen LogP contribution >= 0.6 is 15.9 Å². The Bertz CT molecular complexity index is 391. The third-order valence-electron chi connectivity index (χ3n) is 8.38. The minimum atomic E-state index is 0.692. The molecular formula is C19H31Br. The van der Waals surface area contributed by atoms with Gasteiger partial charge in [-0.05, 0) is 92.3 Å². The fourth-order valence-corrected chi connectivity index (χ4v) is 7.88. The lowest BCUT2D eigenvalue weighted by Gasteiger charge is -2.60. The van der Waals surface area contributed by atoms with Crippen molar-refractivity contribution in [2.45, 2.75) is 82.9 Å². The third-order valence-corrected chi connectivity index (χ3v) is 9.21. The summed E-state index contributed by atoms with van der Waals surface area (Å²) in [5, 5.41) is 0. The lowest BCUT2D eigenvalue weighted by molar-refractivity contribution is -0.102. The number of rotatable bonds is 0. The zero-order valence-corrected chi connectivity index (χ0v) is 14.9. The molecule has 20 heavy (non-hydrogen) atoms. The predicted molar refractivity (Wildman–Crippen MR) is 89.1 cm³/mol. The lowest BCUT2D eigenvalue weighted by Crippen LogP contribution is -2.52. The number of hydrogen-bond acceptors (Lipinski definition) is 0. The minimum Gasteiger partial charge on any atom is -0.0891 e. The second-order valence-corrected chi connectivity index (χ2v) is 10.4. The molecule has 0 N–H and O–H groups in total. The van der Waals surface area contributed by atoms with E-state index >= 15 is 0 Å². The SMILES string of the molecule is C[C@@]12CCC[C@H]1[C@@H]1CC[C@H]3C[C@H](Br)CC[C@]3(C)[C@@H]1CC2. The molecule has 0 aromatic heterocycles. The van der Waals surface area contributed by atoms with Crippen LogP contribution in [0.3, 0.4) is 0 Å². The first-order valence-electron chi connectivity index (χ1n) is 9.17. The zero-order chi connectivity index (χ0) is 14.0. The molecule has 0 heterocycles. The molecule has 0 bridgehead atoms. The van der Waals surface area contributed by atoms with Gasteiger partial charge in [-0.1, -0.05) is 36.2 Å². The molecule has 4 aliphatic carbocycles. The van der Waals surface area contributed by atoms with Gasteiger partial charge in [-0.2, -0.15) is 0 Å². The van der Waals surface area contributed by atoms with Gasteiger partial charge in [0.2, 0.25) is 0 Å². The summed E-state index contributed by atoms with van der Waals surface area (Å²) < 4.78 is 0. The van der Waals surface area contributed by atoms with E-state index in [1.165, 1.54) is 38.5 Å². The molecule has 1 heteroatoms. The van der Waals surface area contributed by atoms with Crippen molar-refractivity contribution in [2.24, 2.45) is 34.5 Å². The van der Waals surface area contributed by atoms with Crippen molar-refractivity contribution in [2.75, 3.05) is 0 Å². The number of fused-ring (bicyclic) bond motifs is 5. The van der Waals surface area contributed by atoms with Crippen molar-refractivity contribution >= 4 is 15.9 Å². The van der Waals surface area contributed by atoms with Crippen molar-refractivity contribution in [3.63, 3.8) is 0 Å². The van der Waals surface area contributed by atoms with Crippen LogP contribution in [0.2, 0.25) is 0 Å². The Morgan fingerprint density at radius 1 is 0.850 bits per heavy atom. The van der Waals surface area contributed by atoms with Crippen LogP contribution < -0.4 is 0 Å². The van der Waals surface area contributed by atoms with E-state index in [0.717, 1.165) is 33.9 Å². The highest BCUT2D eigenvalue weighted by molar-refractivity contribution is 9.09. The van der Waals surface area contributed by atoms with Crippen LogP contribution in [0.4, 0.5) is 0 Å². The van der Waals surface area contributed by atoms with E-state index in [2.05, 4.69) is 29.8 Å². The van der Waals surface area contributed by atoms with Crippen LogP contribution in [-0.2, 0) is 0 Å². The Morgan fingerprint density at radius 2 is 1.70 bits per heavy atom. The lowest BCUT2D eigenvalue weighted by atomic mass is 9.45. The first-order chi connectivity index (χ1) is 9.53. The molecule has 0 nitrogen and oxygen atoms in total. The van der Waals surface area contributed by atoms with Gasteiger partial charge in [0.25, 0.3) is 0 Å². The summed E-state index contributed by atoms with van der Waals surface area (Å²) in [6, 6.07) is 0. The van der Waals surface area contributed by atoms with E-state index < -0.39 is 0 Å². The number of hydrogen-bond donors (Lipinski definition) is 0. The predicted octanol–water partition coefficient (Wildman–Crippen LogP) is 6.18. The van der Waals surface area contributed by atoms with Gasteiger partial charge in [0.15, 0.2) is 0 Å². The van der Waals surface area contributed by atoms with E-state index in [0.29, 0.717) is 5.41 Å². The van der Waals surface area contributed by atoms with Crippen LogP contribution in [0, 0.1) is 34.5 Å². The Morgan fingerprint density at radius 3 is 2.55 bits per heavy atom. The summed E-state index contributed by atoms with van der Waals surface area (Å²) in [6.45, 7) is 5.32. The zero-order valence-electron chi connectivity index (χ0n) is 13.3. The first kappa shape index (κ1) is 14.1. The Balaban J connectivity index is 1.62. The maximum atomic E-state index is 3.92. The number of halogens is 1. The molecule has 0 aromatic rings. The highest BCUT2D eigenvalue weighted by Crippen LogP contribution is 2.66. The molecule has 0 unspecified atom stereocenters. The van der Waals surface area contributed by atoms with Crippen LogP contribution in [0.5, 0.6) is 0 Å². The monoisotopic (exact) mass is 338 g/mol. The van der Waals surface area contributed by atoms with Gasteiger partial charge in [0.1, 0.15) is 0 Å². The van der Waals surface area contributed by atoms with E-state index in [-0.39, 0.29) is 0 Å². The summed E-state index contributed by atoms with van der Waals surface area (Å²) >= 11 is 3.92. The largest absolute Gasteiger partial charge is 0.0891 e. The van der Waals surface area contributed by atoms with Crippen LogP contribution in [-0.4, -0.2) is 4.83 Å². The summed E-state index contributed by atoms with van der Waals surface area (Å²) in [6.07, 6.45) is 15.2. The maximum Gasteiger partial charge on any atom is 0.0148 e. The second kappa shape index (κ2) is 4.74. The normalized spacial score (nSPS) is 58.6. The van der Waals surface area contributed by atoms with Gasteiger partial charge >= 0.3 is 0 Å². The average molecular weight is 339 g/mol. The third kappa shape index (κ3) is 1.90. The quantitative estimate of drug-likeness (QED) is 0.462. The van der Waals surface area contributed by atoms with Crippen molar-refractivity contribution in [1.82, 2.24) is 0 Å². The Labute approximate surface area is 133 Å². The maximum absolute atomic E-state index is 3.92. The molecule has 4 rings (SSSR count).